The van der Waals surface area contributed by atoms with Gasteiger partial charge in [0.2, 0.25) is 5.91 Å². The first kappa shape index (κ1) is 14.8. The summed E-state index contributed by atoms with van der Waals surface area (Å²) in [6.07, 6.45) is 4.20. The van der Waals surface area contributed by atoms with Crippen LogP contribution in [0.1, 0.15) is 52.9 Å². The van der Waals surface area contributed by atoms with Crippen LogP contribution in [-0.2, 0) is 9.53 Å². The Hall–Kier alpha value is -1.26. The number of primary amides is 1. The third-order valence-electron chi connectivity index (χ3n) is 3.41. The summed E-state index contributed by atoms with van der Waals surface area (Å²) in [5.41, 5.74) is 4.55. The molecule has 0 aliphatic heterocycles. The van der Waals surface area contributed by atoms with Crippen LogP contribution in [0.5, 0.6) is 0 Å². The molecule has 1 saturated carbocycles. The van der Waals surface area contributed by atoms with Crippen molar-refractivity contribution >= 4 is 12.0 Å². The summed E-state index contributed by atoms with van der Waals surface area (Å²) < 4.78 is 5.10. The zero-order valence-corrected chi connectivity index (χ0v) is 11.5. The van der Waals surface area contributed by atoms with Crippen molar-refractivity contribution < 1.29 is 14.3 Å². The van der Waals surface area contributed by atoms with E-state index >= 15 is 0 Å². The van der Waals surface area contributed by atoms with Gasteiger partial charge in [-0.3, -0.25) is 4.79 Å². The van der Waals surface area contributed by atoms with E-state index in [-0.39, 0.29) is 5.91 Å². The van der Waals surface area contributed by atoms with Crippen molar-refractivity contribution in [3.8, 4) is 0 Å². The van der Waals surface area contributed by atoms with Crippen LogP contribution in [0, 0.1) is 5.92 Å². The molecular formula is C13H24N2O3. The van der Waals surface area contributed by atoms with Gasteiger partial charge in [-0.05, 0) is 51.9 Å². The quantitative estimate of drug-likeness (QED) is 0.806. The van der Waals surface area contributed by atoms with Crippen molar-refractivity contribution in [2.24, 2.45) is 11.7 Å². The van der Waals surface area contributed by atoms with Crippen molar-refractivity contribution in [2.75, 3.05) is 0 Å². The summed E-state index contributed by atoms with van der Waals surface area (Å²) in [5, 5.41) is 2.95. The van der Waals surface area contributed by atoms with E-state index in [2.05, 4.69) is 5.32 Å². The van der Waals surface area contributed by atoms with Crippen molar-refractivity contribution in [3.05, 3.63) is 0 Å². The van der Waals surface area contributed by atoms with Crippen LogP contribution in [0.3, 0.4) is 0 Å². The summed E-state index contributed by atoms with van der Waals surface area (Å²) >= 11 is 0. The third-order valence-corrected chi connectivity index (χ3v) is 3.41. The van der Waals surface area contributed by atoms with Gasteiger partial charge in [0.25, 0.3) is 0 Å². The van der Waals surface area contributed by atoms with Crippen molar-refractivity contribution in [1.29, 1.82) is 0 Å². The zero-order chi connectivity index (χ0) is 13.8. The molecule has 0 aromatic heterocycles. The molecule has 18 heavy (non-hydrogen) atoms. The van der Waals surface area contributed by atoms with E-state index in [9.17, 15) is 9.59 Å². The molecule has 0 unspecified atom stereocenters. The highest BCUT2D eigenvalue weighted by molar-refractivity contribution is 5.73. The lowest BCUT2D eigenvalue weighted by Gasteiger charge is -2.33. The second-order valence-corrected chi connectivity index (χ2v) is 5.80. The van der Waals surface area contributed by atoms with E-state index in [0.717, 1.165) is 32.1 Å². The maximum absolute atomic E-state index is 11.0. The van der Waals surface area contributed by atoms with Gasteiger partial charge in [0.1, 0.15) is 5.60 Å². The Morgan fingerprint density at radius 3 is 2.28 bits per heavy atom. The van der Waals surface area contributed by atoms with Gasteiger partial charge in [0.05, 0.1) is 0 Å². The smallest absolute Gasteiger partial charge is 0.405 e. The van der Waals surface area contributed by atoms with Gasteiger partial charge in [-0.15, -0.1) is 0 Å². The summed E-state index contributed by atoms with van der Waals surface area (Å²) in [5.74, 6) is 0.570. The molecule has 5 heteroatoms. The molecule has 3 N–H and O–H groups in total. The fourth-order valence-corrected chi connectivity index (χ4v) is 2.81. The predicted molar refractivity (Wildman–Crippen MR) is 68.9 cm³/mol. The Morgan fingerprint density at radius 2 is 1.83 bits per heavy atom. The Labute approximate surface area is 108 Å². The second-order valence-electron chi connectivity index (χ2n) is 5.80. The first-order chi connectivity index (χ1) is 8.28. The van der Waals surface area contributed by atoms with Gasteiger partial charge < -0.3 is 15.8 Å². The van der Waals surface area contributed by atoms with Crippen molar-refractivity contribution in [1.82, 2.24) is 5.32 Å². The third kappa shape index (κ3) is 5.38. The number of ether oxygens (including phenoxy) is 1. The van der Waals surface area contributed by atoms with Gasteiger partial charge in [-0.25, -0.2) is 4.79 Å². The summed E-state index contributed by atoms with van der Waals surface area (Å²) in [7, 11) is 0. The molecule has 0 atom stereocenters. The summed E-state index contributed by atoms with van der Waals surface area (Å²) in [6, 6.07) is 0.305. The molecule has 0 aromatic carbocycles. The first-order valence-corrected chi connectivity index (χ1v) is 6.54. The Morgan fingerprint density at radius 1 is 1.28 bits per heavy atom. The van der Waals surface area contributed by atoms with E-state index in [4.69, 9.17) is 10.5 Å². The minimum Gasteiger partial charge on any atom is -0.444 e. The SMILES string of the molecule is CC(=O)NC1CCC(CC(C)(C)OC(N)=O)CC1. The van der Waals surface area contributed by atoms with Gasteiger partial charge in [-0.1, -0.05) is 0 Å². The molecule has 0 aromatic rings. The summed E-state index contributed by atoms with van der Waals surface area (Å²) in [6.45, 7) is 5.32. The lowest BCUT2D eigenvalue weighted by molar-refractivity contribution is -0.120. The Bertz CT molecular complexity index is 307. The molecule has 0 saturated heterocycles. The highest BCUT2D eigenvalue weighted by atomic mass is 16.6. The number of amides is 2. The minimum atomic E-state index is -0.716. The van der Waals surface area contributed by atoms with Gasteiger partial charge in [0.15, 0.2) is 0 Å². The van der Waals surface area contributed by atoms with E-state index in [1.54, 1.807) is 6.92 Å². The normalized spacial score (nSPS) is 24.4. The van der Waals surface area contributed by atoms with Crippen LogP contribution in [0.25, 0.3) is 0 Å². The lowest BCUT2D eigenvalue weighted by Crippen LogP contribution is -2.38. The fraction of sp³-hybridized carbons (Fsp3) is 0.846. The maximum Gasteiger partial charge on any atom is 0.405 e. The lowest BCUT2D eigenvalue weighted by atomic mass is 9.80. The monoisotopic (exact) mass is 256 g/mol. The number of hydrogen-bond donors (Lipinski definition) is 2. The fourth-order valence-electron chi connectivity index (χ4n) is 2.81. The highest BCUT2D eigenvalue weighted by Gasteiger charge is 2.29. The molecule has 1 rings (SSSR count). The van der Waals surface area contributed by atoms with E-state index < -0.39 is 11.7 Å². The van der Waals surface area contributed by atoms with Crippen LogP contribution in [0.4, 0.5) is 4.79 Å². The summed E-state index contributed by atoms with van der Waals surface area (Å²) in [4.78, 5) is 21.7. The van der Waals surface area contributed by atoms with Gasteiger partial charge in [0, 0.05) is 13.0 Å². The number of carbonyl (C=O) groups is 2. The topological polar surface area (TPSA) is 81.4 Å². The number of carbonyl (C=O) groups excluding carboxylic acids is 2. The Balaban J connectivity index is 2.35. The van der Waals surface area contributed by atoms with E-state index in [1.165, 1.54) is 0 Å². The van der Waals surface area contributed by atoms with Crippen LogP contribution >= 0.6 is 0 Å². The number of rotatable bonds is 4. The van der Waals surface area contributed by atoms with Crippen LogP contribution < -0.4 is 11.1 Å². The van der Waals surface area contributed by atoms with Crippen LogP contribution in [0.2, 0.25) is 0 Å². The van der Waals surface area contributed by atoms with E-state index in [1.807, 2.05) is 13.8 Å². The predicted octanol–water partition coefficient (Wildman–Crippen LogP) is 1.95. The molecule has 1 fully saturated rings. The minimum absolute atomic E-state index is 0.0378. The van der Waals surface area contributed by atoms with Crippen molar-refractivity contribution in [2.45, 2.75) is 64.5 Å². The molecule has 5 nitrogen and oxygen atoms in total. The molecule has 104 valence electrons. The maximum atomic E-state index is 11.0. The highest BCUT2D eigenvalue weighted by Crippen LogP contribution is 2.32. The molecule has 1 aliphatic carbocycles. The van der Waals surface area contributed by atoms with Gasteiger partial charge >= 0.3 is 6.09 Å². The van der Waals surface area contributed by atoms with Crippen LogP contribution in [0.15, 0.2) is 0 Å². The first-order valence-electron chi connectivity index (χ1n) is 6.54. The molecule has 0 heterocycles. The standard InChI is InChI=1S/C13H24N2O3/c1-9(16)15-11-6-4-10(5-7-11)8-13(2,3)18-12(14)17/h10-11H,4-8H2,1-3H3,(H2,14,17)(H,15,16). The Kier molecular flexibility index (Phi) is 4.99. The average Bonchev–Trinajstić information content (AvgIpc) is 2.17. The zero-order valence-electron chi connectivity index (χ0n) is 11.5. The van der Waals surface area contributed by atoms with Crippen LogP contribution in [-0.4, -0.2) is 23.6 Å². The second kappa shape index (κ2) is 6.07. The number of hydrogen-bond acceptors (Lipinski definition) is 3. The molecule has 0 bridgehead atoms. The largest absolute Gasteiger partial charge is 0.444 e. The molecule has 0 spiro atoms. The molecule has 0 radical (unpaired) electrons. The molecule has 1 aliphatic rings. The van der Waals surface area contributed by atoms with Crippen molar-refractivity contribution in [3.63, 3.8) is 0 Å². The molecule has 2 amide bonds. The molecular weight excluding hydrogens is 232 g/mol. The van der Waals surface area contributed by atoms with E-state index in [0.29, 0.717) is 12.0 Å². The van der Waals surface area contributed by atoms with Gasteiger partial charge in [-0.2, -0.15) is 0 Å². The number of nitrogens with one attached hydrogen (secondary N) is 1. The average molecular weight is 256 g/mol. The number of nitrogens with two attached hydrogens (primary N) is 1.